The number of anilines is 1. The van der Waals surface area contributed by atoms with Crippen molar-refractivity contribution in [3.63, 3.8) is 0 Å². The van der Waals surface area contributed by atoms with Crippen LogP contribution in [0.2, 0.25) is 0 Å². The van der Waals surface area contributed by atoms with E-state index in [1.54, 1.807) is 16.9 Å². The van der Waals surface area contributed by atoms with E-state index in [-0.39, 0.29) is 5.56 Å². The molecule has 0 aromatic carbocycles. The summed E-state index contributed by atoms with van der Waals surface area (Å²) in [6.45, 7) is 1.56. The molecule has 2 N–H and O–H groups in total. The normalized spacial score (nSPS) is 19.0. The number of H-pyrrole nitrogens is 1. The summed E-state index contributed by atoms with van der Waals surface area (Å²) in [5.41, 5.74) is -0.0644. The molecule has 1 saturated carbocycles. The molecule has 0 bridgehead atoms. The number of rotatable bonds is 3. The Morgan fingerprint density at radius 1 is 1.21 bits per heavy atom. The molecule has 0 amide bonds. The van der Waals surface area contributed by atoms with Gasteiger partial charge in [-0.05, 0) is 25.0 Å². The zero-order chi connectivity index (χ0) is 16.5. The number of fused-ring (bicyclic) bond motifs is 1. The minimum atomic E-state index is -0.409. The van der Waals surface area contributed by atoms with E-state index in [0.29, 0.717) is 42.9 Å². The van der Waals surface area contributed by atoms with Gasteiger partial charge in [-0.1, -0.05) is 19.3 Å². The number of nitrogens with one attached hydrogen (secondary N) is 2. The first-order chi connectivity index (χ1) is 11.7. The van der Waals surface area contributed by atoms with Gasteiger partial charge in [-0.15, -0.1) is 0 Å². The first kappa shape index (κ1) is 15.3. The quantitative estimate of drug-likeness (QED) is 0.895. The Hall–Kier alpha value is -2.28. The number of nitrogens with zero attached hydrogens (tertiary/aromatic N) is 2. The van der Waals surface area contributed by atoms with Crippen LogP contribution in [0.15, 0.2) is 32.4 Å². The zero-order valence-electron chi connectivity index (χ0n) is 13.6. The topological polar surface area (TPSA) is 83.3 Å². The van der Waals surface area contributed by atoms with Crippen molar-refractivity contribution >= 4 is 5.82 Å². The molecule has 24 heavy (non-hydrogen) atoms. The number of hydrogen-bond acceptors (Lipinski definition) is 5. The highest BCUT2D eigenvalue weighted by molar-refractivity contribution is 5.45. The molecule has 0 saturated heterocycles. The van der Waals surface area contributed by atoms with Crippen LogP contribution in [0.25, 0.3) is 0 Å². The van der Waals surface area contributed by atoms with Crippen molar-refractivity contribution in [3.05, 3.63) is 50.6 Å². The van der Waals surface area contributed by atoms with Crippen molar-refractivity contribution in [2.45, 2.75) is 51.2 Å². The predicted octanol–water partition coefficient (Wildman–Crippen LogP) is 1.70. The van der Waals surface area contributed by atoms with Crippen LogP contribution in [0.5, 0.6) is 0 Å². The van der Waals surface area contributed by atoms with Crippen LogP contribution in [0.1, 0.15) is 43.4 Å². The van der Waals surface area contributed by atoms with Gasteiger partial charge in [0.15, 0.2) is 0 Å². The lowest BCUT2D eigenvalue weighted by Gasteiger charge is -2.38. The van der Waals surface area contributed by atoms with Crippen LogP contribution in [0.4, 0.5) is 5.82 Å². The minimum Gasteiger partial charge on any atom is -0.467 e. The molecule has 3 heterocycles. The Morgan fingerprint density at radius 2 is 2.04 bits per heavy atom. The first-order valence-electron chi connectivity index (χ1n) is 8.58. The Labute approximate surface area is 139 Å². The summed E-state index contributed by atoms with van der Waals surface area (Å²) in [5.74, 6) is 1.30. The highest BCUT2D eigenvalue weighted by atomic mass is 16.3. The standard InChI is InChI=1S/C17H22N4O3/c22-16-14-10-20(12-5-2-1-3-6-12)11-18-15(14)21(17(23)19-16)9-13-7-4-8-24-13/h4,7-8,12,18H,1-3,5-6,9-11H2,(H,19,22,23). The molecule has 2 aromatic heterocycles. The van der Waals surface area contributed by atoms with Gasteiger partial charge in [-0.2, -0.15) is 0 Å². The third-order valence-electron chi connectivity index (χ3n) is 5.09. The van der Waals surface area contributed by atoms with E-state index >= 15 is 0 Å². The third kappa shape index (κ3) is 2.80. The highest BCUT2D eigenvalue weighted by Gasteiger charge is 2.28. The Morgan fingerprint density at radius 3 is 2.79 bits per heavy atom. The van der Waals surface area contributed by atoms with Crippen LogP contribution in [0, 0.1) is 0 Å². The average Bonchev–Trinajstić information content (AvgIpc) is 3.12. The molecule has 1 aliphatic carbocycles. The van der Waals surface area contributed by atoms with E-state index in [0.717, 1.165) is 0 Å². The van der Waals surface area contributed by atoms with Gasteiger partial charge in [0.25, 0.3) is 5.56 Å². The van der Waals surface area contributed by atoms with Crippen molar-refractivity contribution in [2.24, 2.45) is 0 Å². The monoisotopic (exact) mass is 330 g/mol. The largest absolute Gasteiger partial charge is 0.467 e. The Kier molecular flexibility index (Phi) is 4.02. The molecule has 4 rings (SSSR count). The maximum Gasteiger partial charge on any atom is 0.330 e. The second-order valence-corrected chi connectivity index (χ2v) is 6.63. The zero-order valence-corrected chi connectivity index (χ0v) is 13.6. The average molecular weight is 330 g/mol. The lowest BCUT2D eigenvalue weighted by Crippen LogP contribution is -2.47. The summed E-state index contributed by atoms with van der Waals surface area (Å²) in [4.78, 5) is 29.3. The molecule has 7 nitrogen and oxygen atoms in total. The predicted molar refractivity (Wildman–Crippen MR) is 90.0 cm³/mol. The SMILES string of the molecule is O=c1[nH]c(=O)n(Cc2ccco2)c2c1CN(C1CCCCC1)CN2. The molecule has 2 aromatic rings. The number of furan rings is 1. The summed E-state index contributed by atoms with van der Waals surface area (Å²) >= 11 is 0. The van der Waals surface area contributed by atoms with Crippen LogP contribution < -0.4 is 16.6 Å². The van der Waals surface area contributed by atoms with Gasteiger partial charge in [-0.3, -0.25) is 19.2 Å². The van der Waals surface area contributed by atoms with E-state index in [9.17, 15) is 9.59 Å². The van der Waals surface area contributed by atoms with Crippen LogP contribution in [-0.2, 0) is 13.1 Å². The molecule has 0 atom stereocenters. The van der Waals surface area contributed by atoms with Crippen molar-refractivity contribution < 1.29 is 4.42 Å². The van der Waals surface area contributed by atoms with Gasteiger partial charge >= 0.3 is 5.69 Å². The molecule has 2 aliphatic rings. The van der Waals surface area contributed by atoms with Gasteiger partial charge in [0, 0.05) is 12.6 Å². The van der Waals surface area contributed by atoms with Gasteiger partial charge in [0.2, 0.25) is 0 Å². The van der Waals surface area contributed by atoms with E-state index < -0.39 is 5.69 Å². The van der Waals surface area contributed by atoms with Crippen LogP contribution >= 0.6 is 0 Å². The minimum absolute atomic E-state index is 0.293. The molecule has 7 heteroatoms. The van der Waals surface area contributed by atoms with E-state index in [1.165, 1.54) is 32.1 Å². The maximum atomic E-state index is 12.3. The summed E-state index contributed by atoms with van der Waals surface area (Å²) in [6.07, 6.45) is 7.75. The lowest BCUT2D eigenvalue weighted by molar-refractivity contribution is 0.152. The Balaban J connectivity index is 1.65. The molecule has 0 spiro atoms. The Bertz CT molecular complexity index is 815. The van der Waals surface area contributed by atoms with E-state index in [4.69, 9.17) is 4.42 Å². The molecule has 1 fully saturated rings. The van der Waals surface area contributed by atoms with E-state index in [2.05, 4.69) is 15.2 Å². The van der Waals surface area contributed by atoms with Gasteiger partial charge in [-0.25, -0.2) is 4.79 Å². The lowest BCUT2D eigenvalue weighted by atomic mass is 9.94. The molecule has 1 aliphatic heterocycles. The second kappa shape index (κ2) is 6.32. The number of hydrogen-bond donors (Lipinski definition) is 2. The fourth-order valence-corrected chi connectivity index (χ4v) is 3.81. The van der Waals surface area contributed by atoms with Crippen LogP contribution in [-0.4, -0.2) is 27.2 Å². The third-order valence-corrected chi connectivity index (χ3v) is 5.09. The van der Waals surface area contributed by atoms with Crippen molar-refractivity contribution in [2.75, 3.05) is 12.0 Å². The van der Waals surface area contributed by atoms with Crippen molar-refractivity contribution in [3.8, 4) is 0 Å². The molecule has 0 unspecified atom stereocenters. The molecule has 0 radical (unpaired) electrons. The summed E-state index contributed by atoms with van der Waals surface area (Å²) in [5, 5.41) is 3.30. The van der Waals surface area contributed by atoms with Crippen molar-refractivity contribution in [1.82, 2.24) is 14.5 Å². The van der Waals surface area contributed by atoms with Gasteiger partial charge < -0.3 is 9.73 Å². The fourth-order valence-electron chi connectivity index (χ4n) is 3.81. The number of aromatic amines is 1. The maximum absolute atomic E-state index is 12.3. The van der Waals surface area contributed by atoms with Crippen molar-refractivity contribution in [1.29, 1.82) is 0 Å². The first-order valence-corrected chi connectivity index (χ1v) is 8.58. The van der Waals surface area contributed by atoms with Crippen LogP contribution in [0.3, 0.4) is 0 Å². The van der Waals surface area contributed by atoms with E-state index in [1.807, 2.05) is 6.07 Å². The van der Waals surface area contributed by atoms with Gasteiger partial charge in [0.1, 0.15) is 11.6 Å². The molecular formula is C17H22N4O3. The molecular weight excluding hydrogens is 308 g/mol. The number of aromatic nitrogens is 2. The summed E-state index contributed by atoms with van der Waals surface area (Å²) in [6, 6.07) is 4.13. The second-order valence-electron chi connectivity index (χ2n) is 6.63. The van der Waals surface area contributed by atoms with Gasteiger partial charge in [0.05, 0.1) is 25.0 Å². The molecule has 128 valence electrons. The fraction of sp³-hybridized carbons (Fsp3) is 0.529. The highest BCUT2D eigenvalue weighted by Crippen LogP contribution is 2.27. The summed E-state index contributed by atoms with van der Waals surface area (Å²) in [7, 11) is 0. The smallest absolute Gasteiger partial charge is 0.330 e. The summed E-state index contributed by atoms with van der Waals surface area (Å²) < 4.78 is 6.89.